The Morgan fingerprint density at radius 3 is 2.70 bits per heavy atom. The van der Waals surface area contributed by atoms with Crippen molar-refractivity contribution in [3.63, 3.8) is 0 Å². The van der Waals surface area contributed by atoms with Crippen LogP contribution in [0.1, 0.15) is 0 Å². The number of aliphatic imine (C=N–C) groups is 1. The van der Waals surface area contributed by atoms with Gasteiger partial charge in [0.1, 0.15) is 0 Å². The molecule has 0 aromatic rings. The van der Waals surface area contributed by atoms with Crippen molar-refractivity contribution in [3.8, 4) is 0 Å². The Hall–Kier alpha value is 2.76. The summed E-state index contributed by atoms with van der Waals surface area (Å²) < 4.78 is 0.0768. The zero-order chi connectivity index (χ0) is 7.78. The number of hydrogen-bond donors (Lipinski definition) is 1. The third-order valence-electron chi connectivity index (χ3n) is 1.28. The minimum absolute atomic E-state index is 0.0768. The molecule has 0 radical (unpaired) electrons. The first kappa shape index (κ1) is 10.8. The normalized spacial score (nSPS) is 32.2. The number of amidine groups is 1. The molecule has 1 N–H and O–H groups in total. The molecule has 1 aliphatic rings. The van der Waals surface area contributed by atoms with Crippen LogP contribution in [0.4, 0.5) is 0 Å². The Balaban J connectivity index is 2.76. The van der Waals surface area contributed by atoms with E-state index >= 15 is 0 Å². The van der Waals surface area contributed by atoms with Gasteiger partial charge in [-0.3, -0.25) is 0 Å². The Labute approximate surface area is 132 Å². The van der Waals surface area contributed by atoms with Crippen molar-refractivity contribution in [2.75, 3.05) is 7.05 Å². The van der Waals surface area contributed by atoms with Crippen LogP contribution < -0.4 is 5.32 Å². The molecule has 1 unspecified atom stereocenters. The van der Waals surface area contributed by atoms with Crippen LogP contribution in [0.3, 0.4) is 0 Å². The molecule has 1 amide bonds. The molecule has 6 heteroatoms. The Bertz CT molecular complexity index is 205. The first-order valence-electron chi connectivity index (χ1n) is 3.06. The van der Waals surface area contributed by atoms with Gasteiger partial charge in [0, 0.05) is 0 Å². The monoisotopic (exact) mass is 440 g/mol. The molecule has 1 heterocycles. The van der Waals surface area contributed by atoms with Crippen molar-refractivity contribution in [1.82, 2.24) is 5.32 Å². The molecule has 0 aliphatic carbocycles. The van der Waals surface area contributed by atoms with E-state index in [0.717, 1.165) is 5.17 Å². The second kappa shape index (κ2) is 4.32. The average Bonchev–Trinajstić information content (AvgIpc) is 2.08. The van der Waals surface area contributed by atoms with Gasteiger partial charge in [0.05, 0.1) is 0 Å². The number of nitrogens with one attached hydrogen (secondary N) is 1. The van der Waals surface area contributed by atoms with Crippen molar-refractivity contribution in [2.24, 2.45) is 4.99 Å². The molecule has 0 fully saturated rings. The van der Waals surface area contributed by atoms with Crippen molar-refractivity contribution < 1.29 is 47.6 Å². The predicted octanol–water partition coefficient (Wildman–Crippen LogP) is -1.06. The van der Waals surface area contributed by atoms with E-state index < -0.39 is 0 Å². The summed E-state index contributed by atoms with van der Waals surface area (Å²) in [4.78, 5) is 15.0. The van der Waals surface area contributed by atoms with E-state index in [0.29, 0.717) is 55.5 Å². The Morgan fingerprint density at radius 1 is 1.90 bits per heavy atom. The number of nitrogens with zero attached hydrogens (tertiary/aromatic N) is 1. The standard InChI is InChI=1S/C4H4N2OS.Ra.Rb.H/c1-5-4-6-3(7)2-8-4;;;/h1H3,(H,5,6,7);;;. The molecule has 1 atom stereocenters. The summed E-state index contributed by atoms with van der Waals surface area (Å²) in [7, 11) is 1.81. The number of hydrogen-bond acceptors (Lipinski definition) is 3. The summed E-state index contributed by atoms with van der Waals surface area (Å²) in [5.41, 5.74) is 0. The molecule has 0 aromatic carbocycles. The number of amides is 1. The van der Waals surface area contributed by atoms with Gasteiger partial charge in [-0.15, -0.1) is 0 Å². The molecular formula is C4H5N2ORaRbS. The van der Waals surface area contributed by atoms with Crippen molar-refractivity contribution >= 4 is 78.4 Å². The number of carbonyl (C=O) groups is 1. The van der Waals surface area contributed by atoms with Crippen molar-refractivity contribution in [3.05, 3.63) is 0 Å². The SMILES string of the molecule is CNC1=NC(=O)[C]([Rb])([RaH])S1. The van der Waals surface area contributed by atoms with E-state index in [-0.39, 0.29) is 41.6 Å². The van der Waals surface area contributed by atoms with Crippen LogP contribution in [0, 0.1) is 42.8 Å². The second-order valence-electron chi connectivity index (χ2n) is 2.58. The quantitative estimate of drug-likeness (QED) is 0.522. The molecule has 0 spiro atoms. The summed E-state index contributed by atoms with van der Waals surface area (Å²) in [5, 5.41) is 3.74. The zero-order valence-electron chi connectivity index (χ0n) is 6.26. The topological polar surface area (TPSA) is 41.5 Å². The summed E-state index contributed by atoms with van der Waals surface area (Å²) in [6.07, 6.45) is 0. The number of carbonyl (C=O) groups excluding carboxylic acids is 1. The number of rotatable bonds is 0. The van der Waals surface area contributed by atoms with Crippen LogP contribution in [0.2, 0.25) is 0 Å². The molecule has 46 valence electrons. The van der Waals surface area contributed by atoms with Crippen LogP contribution in [-0.4, -0.2) is 66.5 Å². The summed E-state index contributed by atoms with van der Waals surface area (Å²) in [6.45, 7) is 0. The molecule has 1 rings (SSSR count). The van der Waals surface area contributed by atoms with Gasteiger partial charge in [-0.05, 0) is 0 Å². The van der Waals surface area contributed by atoms with Gasteiger partial charge in [0.2, 0.25) is 0 Å². The second-order valence-corrected chi connectivity index (χ2v) is 42.3. The van der Waals surface area contributed by atoms with Crippen molar-refractivity contribution in [2.45, 2.75) is -7.14 Å². The molecular weight excluding hydrogens is 436 g/mol. The fourth-order valence-electron chi connectivity index (χ4n) is 0.642. The van der Waals surface area contributed by atoms with E-state index in [9.17, 15) is 4.79 Å². The van der Waals surface area contributed by atoms with E-state index in [4.69, 9.17) is 0 Å². The van der Waals surface area contributed by atoms with Gasteiger partial charge >= 0.3 is 136 Å². The average molecular weight is 441 g/mol. The van der Waals surface area contributed by atoms with Crippen LogP contribution >= 0.6 is 11.8 Å². The van der Waals surface area contributed by atoms with E-state index in [1.54, 1.807) is 11.8 Å². The third kappa shape index (κ3) is 2.63. The summed E-state index contributed by atoms with van der Waals surface area (Å²) in [6, 6.07) is 0. The Kier molecular flexibility index (Phi) is 4.68. The Morgan fingerprint density at radius 2 is 2.50 bits per heavy atom. The van der Waals surface area contributed by atoms with Crippen LogP contribution in [0.5, 0.6) is 0 Å². The van der Waals surface area contributed by atoms with E-state index in [1.165, 1.54) is 0 Å². The van der Waals surface area contributed by atoms with Gasteiger partial charge in [0.15, 0.2) is 0 Å². The van der Waals surface area contributed by atoms with E-state index in [1.807, 2.05) is 7.05 Å². The molecule has 0 saturated carbocycles. The molecule has 3 nitrogen and oxygen atoms in total. The van der Waals surface area contributed by atoms with Crippen molar-refractivity contribution in [1.29, 1.82) is 0 Å². The minimum atomic E-state index is 0.0768. The fraction of sp³-hybridized carbons (Fsp3) is 0.500. The zero-order valence-corrected chi connectivity index (χ0v) is 20.2. The van der Waals surface area contributed by atoms with Gasteiger partial charge in [0.25, 0.3) is 0 Å². The van der Waals surface area contributed by atoms with Gasteiger partial charge in [-0.25, -0.2) is 0 Å². The van der Waals surface area contributed by atoms with Crippen LogP contribution in [0.25, 0.3) is 0 Å². The van der Waals surface area contributed by atoms with Crippen LogP contribution in [-0.2, 0) is 4.79 Å². The fourth-order valence-corrected chi connectivity index (χ4v) is 6.03. The maximum atomic E-state index is 11.1. The maximum absolute atomic E-state index is 11.1. The molecule has 10 heavy (non-hydrogen) atoms. The van der Waals surface area contributed by atoms with Gasteiger partial charge in [-0.2, -0.15) is 0 Å². The molecule has 0 aromatic heterocycles. The number of thioether (sulfide) groups is 1. The van der Waals surface area contributed by atoms with Gasteiger partial charge in [-0.1, -0.05) is 0 Å². The first-order valence-corrected chi connectivity index (χ1v) is 10.4. The predicted molar refractivity (Wildman–Crippen MR) is 39.0 cm³/mol. The molecule has 0 bridgehead atoms. The summed E-state index contributed by atoms with van der Waals surface area (Å²) >= 11 is 2.36. The van der Waals surface area contributed by atoms with Gasteiger partial charge < -0.3 is 0 Å². The van der Waals surface area contributed by atoms with Crippen LogP contribution in [0.15, 0.2) is 4.99 Å². The molecule has 1 aliphatic heterocycles. The third-order valence-corrected chi connectivity index (χ3v) is 9.29. The summed E-state index contributed by atoms with van der Waals surface area (Å²) in [5.74, 6) is 0.142. The molecule has 0 saturated heterocycles. The first-order chi connectivity index (χ1) is 4.56. The van der Waals surface area contributed by atoms with E-state index in [2.05, 4.69) is 10.3 Å².